The van der Waals surface area contributed by atoms with Gasteiger partial charge in [0.15, 0.2) is 0 Å². The van der Waals surface area contributed by atoms with E-state index in [1.54, 1.807) is 6.20 Å². The van der Waals surface area contributed by atoms with Gasteiger partial charge in [0.2, 0.25) is 0 Å². The summed E-state index contributed by atoms with van der Waals surface area (Å²) >= 11 is 3.34. The molecule has 0 saturated heterocycles. The van der Waals surface area contributed by atoms with Gasteiger partial charge in [0.25, 0.3) is 5.56 Å². The average molecular weight is 336 g/mol. The molecule has 1 N–H and O–H groups in total. The van der Waals surface area contributed by atoms with Gasteiger partial charge >= 0.3 is 0 Å². The first-order valence-corrected chi connectivity index (χ1v) is 7.24. The van der Waals surface area contributed by atoms with E-state index in [1.807, 2.05) is 31.2 Å². The van der Waals surface area contributed by atoms with Crippen LogP contribution in [0.15, 0.2) is 39.7 Å². The lowest BCUT2D eigenvalue weighted by Gasteiger charge is -2.14. The van der Waals surface area contributed by atoms with Gasteiger partial charge in [-0.3, -0.25) is 4.79 Å². The summed E-state index contributed by atoms with van der Waals surface area (Å²) in [6.07, 6.45) is 1.66. The molecular formula is C14H14BrN3O2. The Bertz CT molecular complexity index is 699. The standard InChI is InChI=1S/C14H14BrN3O2/c1-2-18-14(19)13(15)10(7-16-18)17-11-8-20-12-6-4-3-5-9(11)12/h3-7,11,17H,2,8H2,1H3. The molecule has 0 radical (unpaired) electrons. The maximum atomic E-state index is 12.0. The maximum absolute atomic E-state index is 12.0. The number of halogens is 1. The molecule has 1 aromatic carbocycles. The number of aromatic nitrogens is 2. The van der Waals surface area contributed by atoms with Gasteiger partial charge in [-0.25, -0.2) is 4.68 Å². The first-order chi connectivity index (χ1) is 9.70. The zero-order chi connectivity index (χ0) is 14.1. The molecule has 1 aromatic heterocycles. The van der Waals surface area contributed by atoms with Gasteiger partial charge in [0.05, 0.1) is 17.9 Å². The van der Waals surface area contributed by atoms with Crippen molar-refractivity contribution in [3.63, 3.8) is 0 Å². The molecule has 0 bridgehead atoms. The second-order valence-corrected chi connectivity index (χ2v) is 5.33. The lowest BCUT2D eigenvalue weighted by molar-refractivity contribution is 0.339. The van der Waals surface area contributed by atoms with Gasteiger partial charge in [0, 0.05) is 12.1 Å². The first kappa shape index (κ1) is 13.2. The molecule has 104 valence electrons. The number of benzene rings is 1. The average Bonchev–Trinajstić information content (AvgIpc) is 2.88. The molecule has 5 nitrogen and oxygen atoms in total. The summed E-state index contributed by atoms with van der Waals surface area (Å²) < 4.78 is 7.53. The highest BCUT2D eigenvalue weighted by Crippen LogP contribution is 2.34. The molecule has 2 aromatic rings. The molecule has 3 rings (SSSR count). The third-order valence-electron chi connectivity index (χ3n) is 3.31. The normalized spacial score (nSPS) is 16.6. The first-order valence-electron chi connectivity index (χ1n) is 6.44. The molecule has 1 atom stereocenters. The van der Waals surface area contributed by atoms with Crippen LogP contribution in [0.3, 0.4) is 0 Å². The molecule has 6 heteroatoms. The molecule has 2 heterocycles. The van der Waals surface area contributed by atoms with Gasteiger partial charge in [-0.2, -0.15) is 5.10 Å². The number of fused-ring (bicyclic) bond motifs is 1. The molecule has 0 saturated carbocycles. The highest BCUT2D eigenvalue weighted by Gasteiger charge is 2.24. The van der Waals surface area contributed by atoms with E-state index >= 15 is 0 Å². The Balaban J connectivity index is 1.90. The van der Waals surface area contributed by atoms with Gasteiger partial charge in [-0.15, -0.1) is 0 Å². The Morgan fingerprint density at radius 2 is 2.30 bits per heavy atom. The van der Waals surface area contributed by atoms with Gasteiger partial charge in [0.1, 0.15) is 16.8 Å². The fourth-order valence-electron chi connectivity index (χ4n) is 2.26. The van der Waals surface area contributed by atoms with Crippen LogP contribution in [0, 0.1) is 0 Å². The third-order valence-corrected chi connectivity index (χ3v) is 4.08. The maximum Gasteiger partial charge on any atom is 0.283 e. The largest absolute Gasteiger partial charge is 0.491 e. The number of ether oxygens (including phenoxy) is 1. The Labute approximate surface area is 124 Å². The van der Waals surface area contributed by atoms with Gasteiger partial charge < -0.3 is 10.1 Å². The molecule has 0 fully saturated rings. The van der Waals surface area contributed by atoms with Crippen molar-refractivity contribution >= 4 is 21.6 Å². The lowest BCUT2D eigenvalue weighted by atomic mass is 10.1. The van der Waals surface area contributed by atoms with Crippen LogP contribution in [0.5, 0.6) is 5.75 Å². The van der Waals surface area contributed by atoms with E-state index < -0.39 is 0 Å². The Morgan fingerprint density at radius 3 is 3.10 bits per heavy atom. The van der Waals surface area contributed by atoms with Crippen LogP contribution < -0.4 is 15.6 Å². The quantitative estimate of drug-likeness (QED) is 0.936. The van der Waals surface area contributed by atoms with Crippen molar-refractivity contribution in [3.05, 3.63) is 50.9 Å². The third kappa shape index (κ3) is 2.20. The molecule has 1 aliphatic rings. The molecule has 0 aliphatic carbocycles. The van der Waals surface area contributed by atoms with Crippen LogP contribution >= 0.6 is 15.9 Å². The van der Waals surface area contributed by atoms with E-state index in [0.29, 0.717) is 23.3 Å². The predicted molar refractivity (Wildman–Crippen MR) is 80.2 cm³/mol. The van der Waals surface area contributed by atoms with Crippen molar-refractivity contribution in [2.75, 3.05) is 11.9 Å². The zero-order valence-electron chi connectivity index (χ0n) is 11.0. The van der Waals surface area contributed by atoms with Crippen molar-refractivity contribution in [3.8, 4) is 5.75 Å². The number of nitrogens with zero attached hydrogens (tertiary/aromatic N) is 2. The number of nitrogens with one attached hydrogen (secondary N) is 1. The fourth-order valence-corrected chi connectivity index (χ4v) is 2.68. The predicted octanol–water partition coefficient (Wildman–Crippen LogP) is 2.57. The minimum atomic E-state index is -0.135. The monoisotopic (exact) mass is 335 g/mol. The van der Waals surface area contributed by atoms with Crippen molar-refractivity contribution in [2.45, 2.75) is 19.5 Å². The zero-order valence-corrected chi connectivity index (χ0v) is 12.6. The molecule has 1 aliphatic heterocycles. The van der Waals surface area contributed by atoms with Crippen molar-refractivity contribution in [2.24, 2.45) is 0 Å². The van der Waals surface area contributed by atoms with Crippen LogP contribution in [0.4, 0.5) is 5.69 Å². The fraction of sp³-hybridized carbons (Fsp3) is 0.286. The van der Waals surface area contributed by atoms with E-state index in [-0.39, 0.29) is 11.6 Å². The highest BCUT2D eigenvalue weighted by molar-refractivity contribution is 9.10. The minimum Gasteiger partial charge on any atom is -0.491 e. The van der Waals surface area contributed by atoms with E-state index in [9.17, 15) is 4.79 Å². The minimum absolute atomic E-state index is 0.0289. The molecule has 0 spiro atoms. The number of para-hydroxylation sites is 1. The van der Waals surface area contributed by atoms with E-state index in [2.05, 4.69) is 26.3 Å². The van der Waals surface area contributed by atoms with Crippen LogP contribution in [0.2, 0.25) is 0 Å². The van der Waals surface area contributed by atoms with Crippen molar-refractivity contribution < 1.29 is 4.74 Å². The van der Waals surface area contributed by atoms with Crippen LogP contribution in [-0.4, -0.2) is 16.4 Å². The van der Waals surface area contributed by atoms with Crippen molar-refractivity contribution in [1.29, 1.82) is 0 Å². The molecule has 0 amide bonds. The Kier molecular flexibility index (Phi) is 3.48. The van der Waals surface area contributed by atoms with E-state index in [4.69, 9.17) is 4.74 Å². The summed E-state index contributed by atoms with van der Waals surface area (Å²) in [6, 6.07) is 7.92. The number of hydrogen-bond donors (Lipinski definition) is 1. The van der Waals surface area contributed by atoms with Crippen LogP contribution in [0.25, 0.3) is 0 Å². The summed E-state index contributed by atoms with van der Waals surface area (Å²) in [5.41, 5.74) is 1.65. The Hall–Kier alpha value is -1.82. The Morgan fingerprint density at radius 1 is 1.50 bits per heavy atom. The van der Waals surface area contributed by atoms with Gasteiger partial charge in [-0.05, 0) is 28.9 Å². The number of anilines is 1. The summed E-state index contributed by atoms with van der Waals surface area (Å²) in [5, 5.41) is 7.44. The summed E-state index contributed by atoms with van der Waals surface area (Å²) in [6.45, 7) is 2.98. The smallest absolute Gasteiger partial charge is 0.283 e. The van der Waals surface area contributed by atoms with Crippen LogP contribution in [0.1, 0.15) is 18.5 Å². The summed E-state index contributed by atoms with van der Waals surface area (Å²) in [4.78, 5) is 12.0. The second-order valence-electron chi connectivity index (χ2n) is 4.54. The molecular weight excluding hydrogens is 322 g/mol. The SMILES string of the molecule is CCn1ncc(NC2COc3ccccc32)c(Br)c1=O. The molecule has 1 unspecified atom stereocenters. The lowest BCUT2D eigenvalue weighted by Crippen LogP contribution is -2.24. The number of hydrogen-bond acceptors (Lipinski definition) is 4. The highest BCUT2D eigenvalue weighted by atomic mass is 79.9. The summed E-state index contributed by atoms with van der Waals surface area (Å²) in [5.74, 6) is 0.885. The summed E-state index contributed by atoms with van der Waals surface area (Å²) in [7, 11) is 0. The molecule has 20 heavy (non-hydrogen) atoms. The van der Waals surface area contributed by atoms with Gasteiger partial charge in [-0.1, -0.05) is 18.2 Å². The van der Waals surface area contributed by atoms with E-state index in [0.717, 1.165) is 11.3 Å². The number of rotatable bonds is 3. The second kappa shape index (κ2) is 5.28. The number of aryl methyl sites for hydroxylation is 1. The topological polar surface area (TPSA) is 56.1 Å². The van der Waals surface area contributed by atoms with Crippen LogP contribution in [-0.2, 0) is 6.54 Å². The van der Waals surface area contributed by atoms with Crippen molar-refractivity contribution in [1.82, 2.24) is 9.78 Å². The van der Waals surface area contributed by atoms with E-state index in [1.165, 1.54) is 4.68 Å².